The van der Waals surface area contributed by atoms with Gasteiger partial charge in [0.15, 0.2) is 0 Å². The molecular formula is C15H14Br2S3. The van der Waals surface area contributed by atoms with Crippen LogP contribution in [0.1, 0.15) is 24.1 Å². The third-order valence-corrected chi connectivity index (χ3v) is 8.32. The maximum atomic E-state index is 4.22. The van der Waals surface area contributed by atoms with Crippen LogP contribution in [0, 0.1) is 0 Å². The standard InChI is InChI=1S/C15H14Br2S3/c1-3-5-14(17)19-20-15(11-7-4-6-10(11)2)12-8-9-13(16)18-12/h3,5,8-9H,1-2,4,6-7H2/b14-5-,15-11-. The normalized spacial score (nSPS) is 18.5. The van der Waals surface area contributed by atoms with Crippen LogP contribution in [0.2, 0.25) is 0 Å². The van der Waals surface area contributed by atoms with Crippen molar-refractivity contribution in [1.82, 2.24) is 0 Å². The molecule has 0 aromatic carbocycles. The average molecular weight is 450 g/mol. The van der Waals surface area contributed by atoms with Crippen LogP contribution in [0.15, 0.2) is 56.2 Å². The molecule has 0 nitrogen and oxygen atoms in total. The molecule has 1 heterocycles. The van der Waals surface area contributed by atoms with Gasteiger partial charge in [-0.3, -0.25) is 0 Å². The lowest BCUT2D eigenvalue weighted by atomic mass is 10.1. The van der Waals surface area contributed by atoms with Gasteiger partial charge < -0.3 is 0 Å². The van der Waals surface area contributed by atoms with Crippen molar-refractivity contribution in [2.75, 3.05) is 0 Å². The Bertz CT molecular complexity index is 582. The summed E-state index contributed by atoms with van der Waals surface area (Å²) in [5.74, 6) is 0. The van der Waals surface area contributed by atoms with Crippen LogP contribution < -0.4 is 0 Å². The lowest BCUT2D eigenvalue weighted by Gasteiger charge is -2.09. The number of hydrogen-bond donors (Lipinski definition) is 0. The summed E-state index contributed by atoms with van der Waals surface area (Å²) in [5, 5.41) is 0. The summed E-state index contributed by atoms with van der Waals surface area (Å²) in [6.07, 6.45) is 7.24. The Morgan fingerprint density at radius 1 is 1.30 bits per heavy atom. The predicted molar refractivity (Wildman–Crippen MR) is 104 cm³/mol. The highest BCUT2D eigenvalue weighted by Gasteiger charge is 2.19. The van der Waals surface area contributed by atoms with Crippen LogP contribution in [-0.4, -0.2) is 0 Å². The summed E-state index contributed by atoms with van der Waals surface area (Å²) < 4.78 is 2.25. The molecular weight excluding hydrogens is 436 g/mol. The van der Waals surface area contributed by atoms with E-state index in [-0.39, 0.29) is 0 Å². The summed E-state index contributed by atoms with van der Waals surface area (Å²) in [6.45, 7) is 7.94. The topological polar surface area (TPSA) is 0 Å². The van der Waals surface area contributed by atoms with E-state index in [1.165, 1.54) is 31.1 Å². The van der Waals surface area contributed by atoms with E-state index in [9.17, 15) is 0 Å². The van der Waals surface area contributed by atoms with Crippen LogP contribution in [0.5, 0.6) is 0 Å². The van der Waals surface area contributed by atoms with Gasteiger partial charge in [-0.1, -0.05) is 35.6 Å². The Balaban J connectivity index is 2.28. The molecule has 1 aliphatic rings. The van der Waals surface area contributed by atoms with E-state index in [4.69, 9.17) is 0 Å². The van der Waals surface area contributed by atoms with Crippen molar-refractivity contribution in [3.63, 3.8) is 0 Å². The van der Waals surface area contributed by atoms with Gasteiger partial charge in [0.05, 0.1) is 7.60 Å². The molecule has 1 aromatic heterocycles. The Morgan fingerprint density at radius 3 is 2.65 bits per heavy atom. The lowest BCUT2D eigenvalue weighted by Crippen LogP contribution is -1.83. The van der Waals surface area contributed by atoms with Crippen molar-refractivity contribution < 1.29 is 0 Å². The monoisotopic (exact) mass is 448 g/mol. The van der Waals surface area contributed by atoms with Crippen LogP contribution in [-0.2, 0) is 0 Å². The van der Waals surface area contributed by atoms with Crippen molar-refractivity contribution in [2.45, 2.75) is 19.3 Å². The molecule has 0 N–H and O–H groups in total. The first-order valence-electron chi connectivity index (χ1n) is 6.11. The Hall–Kier alpha value is 0.320. The number of allylic oxidation sites excluding steroid dienone is 4. The highest BCUT2D eigenvalue weighted by Crippen LogP contribution is 2.50. The van der Waals surface area contributed by atoms with Gasteiger partial charge in [-0.05, 0) is 85.7 Å². The fourth-order valence-corrected chi connectivity index (χ4v) is 6.54. The molecule has 5 heteroatoms. The summed E-state index contributed by atoms with van der Waals surface area (Å²) >= 11 is 8.88. The molecule has 20 heavy (non-hydrogen) atoms. The van der Waals surface area contributed by atoms with Gasteiger partial charge in [-0.15, -0.1) is 11.3 Å². The smallest absolute Gasteiger partial charge is 0.0705 e. The van der Waals surface area contributed by atoms with Crippen LogP contribution in [0.3, 0.4) is 0 Å². The van der Waals surface area contributed by atoms with Crippen molar-refractivity contribution in [1.29, 1.82) is 0 Å². The second-order valence-electron chi connectivity index (χ2n) is 4.24. The number of thiophene rings is 1. The van der Waals surface area contributed by atoms with Crippen LogP contribution in [0.25, 0.3) is 4.91 Å². The molecule has 0 amide bonds. The fourth-order valence-electron chi connectivity index (χ4n) is 1.96. The Kier molecular flexibility index (Phi) is 6.75. The first-order chi connectivity index (χ1) is 9.61. The van der Waals surface area contributed by atoms with Crippen molar-refractivity contribution >= 4 is 69.7 Å². The number of halogens is 2. The zero-order valence-corrected chi connectivity index (χ0v) is 16.4. The summed E-state index contributed by atoms with van der Waals surface area (Å²) in [5.41, 5.74) is 2.72. The van der Waals surface area contributed by atoms with E-state index in [0.717, 1.165) is 16.7 Å². The molecule has 1 saturated carbocycles. The minimum Gasteiger partial charge on any atom is -0.128 e. The summed E-state index contributed by atoms with van der Waals surface area (Å²) in [7, 11) is 3.52. The highest BCUT2D eigenvalue weighted by atomic mass is 79.9. The molecule has 0 bridgehead atoms. The van der Waals surface area contributed by atoms with Gasteiger partial charge >= 0.3 is 0 Å². The summed E-state index contributed by atoms with van der Waals surface area (Å²) in [4.78, 5) is 2.66. The van der Waals surface area contributed by atoms with Crippen LogP contribution >= 0.6 is 64.8 Å². The highest BCUT2D eigenvalue weighted by molar-refractivity contribution is 9.16. The van der Waals surface area contributed by atoms with Gasteiger partial charge in [0, 0.05) is 9.78 Å². The molecule has 1 aliphatic carbocycles. The molecule has 1 fully saturated rings. The molecule has 2 rings (SSSR count). The summed E-state index contributed by atoms with van der Waals surface area (Å²) in [6, 6.07) is 4.29. The maximum Gasteiger partial charge on any atom is 0.0705 e. The zero-order valence-electron chi connectivity index (χ0n) is 10.8. The van der Waals surface area contributed by atoms with E-state index in [2.05, 4.69) is 57.2 Å². The minimum absolute atomic E-state index is 1.08. The third kappa shape index (κ3) is 4.41. The first kappa shape index (κ1) is 16.7. The van der Waals surface area contributed by atoms with E-state index < -0.39 is 0 Å². The lowest BCUT2D eigenvalue weighted by molar-refractivity contribution is 0.934. The van der Waals surface area contributed by atoms with Crippen LogP contribution in [0.4, 0.5) is 0 Å². The number of rotatable bonds is 5. The fraction of sp³-hybridized carbons (Fsp3) is 0.200. The second kappa shape index (κ2) is 8.08. The minimum atomic E-state index is 1.08. The molecule has 0 atom stereocenters. The molecule has 106 valence electrons. The van der Waals surface area contributed by atoms with Crippen molar-refractivity contribution in [2.24, 2.45) is 0 Å². The van der Waals surface area contributed by atoms with E-state index in [1.807, 2.05) is 6.08 Å². The maximum absolute atomic E-state index is 4.22. The molecule has 0 saturated heterocycles. The van der Waals surface area contributed by atoms with Gasteiger partial charge in [0.25, 0.3) is 0 Å². The Labute approximate surface area is 149 Å². The number of hydrogen-bond acceptors (Lipinski definition) is 3. The SMILES string of the molecule is C=C/C=C(/Br)SS/C(=C1/CCCC1=C)c1ccc(Br)s1. The van der Waals surface area contributed by atoms with Gasteiger partial charge in [-0.25, -0.2) is 0 Å². The van der Waals surface area contributed by atoms with E-state index in [0.29, 0.717) is 0 Å². The van der Waals surface area contributed by atoms with Crippen molar-refractivity contribution in [3.05, 3.63) is 61.1 Å². The largest absolute Gasteiger partial charge is 0.128 e. The molecule has 0 unspecified atom stereocenters. The second-order valence-corrected chi connectivity index (χ2v) is 10.3. The van der Waals surface area contributed by atoms with Gasteiger partial charge in [-0.2, -0.15) is 0 Å². The quantitative estimate of drug-likeness (QED) is 0.332. The predicted octanol–water partition coefficient (Wildman–Crippen LogP) is 7.77. The molecule has 0 aliphatic heterocycles. The van der Waals surface area contributed by atoms with Gasteiger partial charge in [0.2, 0.25) is 0 Å². The average Bonchev–Trinajstić information content (AvgIpc) is 3.00. The molecule has 0 radical (unpaired) electrons. The first-order valence-corrected chi connectivity index (χ1v) is 10.7. The molecule has 0 spiro atoms. The molecule has 1 aromatic rings. The van der Waals surface area contributed by atoms with E-state index in [1.54, 1.807) is 39.0 Å². The van der Waals surface area contributed by atoms with E-state index >= 15 is 0 Å². The zero-order chi connectivity index (χ0) is 14.5. The Morgan fingerprint density at radius 2 is 2.10 bits per heavy atom. The third-order valence-electron chi connectivity index (χ3n) is 2.86. The van der Waals surface area contributed by atoms with Gasteiger partial charge in [0.1, 0.15) is 0 Å². The van der Waals surface area contributed by atoms with Crippen molar-refractivity contribution in [3.8, 4) is 0 Å².